The van der Waals surface area contributed by atoms with E-state index in [2.05, 4.69) is 16.5 Å². The molecular weight excluding hydrogens is 332 g/mol. The fourth-order valence-electron chi connectivity index (χ4n) is 3.77. The number of esters is 1. The molecular formula is C19H28N4O3. The Balaban J connectivity index is 2.01. The average molecular weight is 360 g/mol. The highest BCUT2D eigenvalue weighted by atomic mass is 16.5. The van der Waals surface area contributed by atoms with Crippen LogP contribution >= 0.6 is 0 Å². The second kappa shape index (κ2) is 8.84. The summed E-state index contributed by atoms with van der Waals surface area (Å²) in [6.07, 6.45) is 5.44. The maximum atomic E-state index is 12.5. The van der Waals surface area contributed by atoms with Crippen molar-refractivity contribution < 1.29 is 14.3 Å². The standard InChI is InChI=1S/C19H28N4O3/c1-14-16(15(2)23(22-14)13-7-12-20)8-9-17(24)21-19(18(25)26-3)10-5-4-6-11-19/h4-11,13H2,1-3H3,(H,21,24). The fourth-order valence-corrected chi connectivity index (χ4v) is 3.77. The number of methoxy groups -OCH3 is 1. The van der Waals surface area contributed by atoms with Crippen molar-refractivity contribution in [3.05, 3.63) is 17.0 Å². The predicted molar refractivity (Wildman–Crippen MR) is 96.2 cm³/mol. The van der Waals surface area contributed by atoms with Crippen LogP contribution in [0.2, 0.25) is 0 Å². The maximum absolute atomic E-state index is 12.5. The van der Waals surface area contributed by atoms with Gasteiger partial charge in [-0.3, -0.25) is 9.48 Å². The Bertz CT molecular complexity index is 696. The number of nitriles is 1. The molecule has 7 heteroatoms. The van der Waals surface area contributed by atoms with Crippen molar-refractivity contribution in [1.82, 2.24) is 15.1 Å². The third-order valence-corrected chi connectivity index (χ3v) is 5.23. The largest absolute Gasteiger partial charge is 0.467 e. The molecule has 1 aliphatic carbocycles. The van der Waals surface area contributed by atoms with Crippen LogP contribution in [-0.2, 0) is 27.3 Å². The van der Waals surface area contributed by atoms with Gasteiger partial charge < -0.3 is 10.1 Å². The van der Waals surface area contributed by atoms with Crippen LogP contribution < -0.4 is 5.32 Å². The molecule has 1 amide bonds. The molecule has 7 nitrogen and oxygen atoms in total. The minimum absolute atomic E-state index is 0.138. The first-order chi connectivity index (χ1) is 12.4. The molecule has 0 radical (unpaired) electrons. The third kappa shape index (κ3) is 4.43. The van der Waals surface area contributed by atoms with Gasteiger partial charge >= 0.3 is 5.97 Å². The van der Waals surface area contributed by atoms with Gasteiger partial charge in [0.1, 0.15) is 5.54 Å². The Kier molecular flexibility index (Phi) is 6.78. The monoisotopic (exact) mass is 360 g/mol. The Morgan fingerprint density at radius 2 is 2.00 bits per heavy atom. The summed E-state index contributed by atoms with van der Waals surface area (Å²) >= 11 is 0. The van der Waals surface area contributed by atoms with E-state index in [0.29, 0.717) is 38.6 Å². The van der Waals surface area contributed by atoms with E-state index >= 15 is 0 Å². The van der Waals surface area contributed by atoms with E-state index in [1.54, 1.807) is 0 Å². The number of ether oxygens (including phenoxy) is 1. The normalized spacial score (nSPS) is 15.9. The first kappa shape index (κ1) is 20.0. The van der Waals surface area contributed by atoms with Crippen molar-refractivity contribution in [3.63, 3.8) is 0 Å². The molecule has 0 aliphatic heterocycles. The van der Waals surface area contributed by atoms with E-state index in [-0.39, 0.29) is 11.9 Å². The molecule has 1 heterocycles. The SMILES string of the molecule is COC(=O)C1(NC(=O)CCc2c(C)nn(CCC#N)c2C)CCCCC1. The summed E-state index contributed by atoms with van der Waals surface area (Å²) in [5.41, 5.74) is 2.04. The van der Waals surface area contributed by atoms with Gasteiger partial charge in [0.15, 0.2) is 0 Å². The van der Waals surface area contributed by atoms with Crippen molar-refractivity contribution in [2.75, 3.05) is 7.11 Å². The van der Waals surface area contributed by atoms with Gasteiger partial charge in [-0.05, 0) is 38.7 Å². The quantitative estimate of drug-likeness (QED) is 0.753. The number of hydrogen-bond donors (Lipinski definition) is 1. The molecule has 1 fully saturated rings. The first-order valence-corrected chi connectivity index (χ1v) is 9.23. The molecule has 1 N–H and O–H groups in total. The lowest BCUT2D eigenvalue weighted by Gasteiger charge is -2.35. The van der Waals surface area contributed by atoms with E-state index in [1.807, 2.05) is 18.5 Å². The summed E-state index contributed by atoms with van der Waals surface area (Å²) < 4.78 is 6.76. The predicted octanol–water partition coefficient (Wildman–Crippen LogP) is 2.34. The number of amides is 1. The zero-order chi connectivity index (χ0) is 19.2. The maximum Gasteiger partial charge on any atom is 0.331 e. The lowest BCUT2D eigenvalue weighted by atomic mass is 9.81. The van der Waals surface area contributed by atoms with Crippen molar-refractivity contribution in [2.24, 2.45) is 0 Å². The Morgan fingerprint density at radius 3 is 2.62 bits per heavy atom. The molecule has 2 rings (SSSR count). The molecule has 1 saturated carbocycles. The van der Waals surface area contributed by atoms with Crippen molar-refractivity contribution in [3.8, 4) is 6.07 Å². The zero-order valence-electron chi connectivity index (χ0n) is 15.9. The summed E-state index contributed by atoms with van der Waals surface area (Å²) in [7, 11) is 1.37. The van der Waals surface area contributed by atoms with Crippen LogP contribution in [0.3, 0.4) is 0 Å². The summed E-state index contributed by atoms with van der Waals surface area (Å²) in [5, 5.41) is 16.1. The number of carbonyl (C=O) groups excluding carboxylic acids is 2. The lowest BCUT2D eigenvalue weighted by Crippen LogP contribution is -2.56. The van der Waals surface area contributed by atoms with E-state index in [1.165, 1.54) is 7.11 Å². The van der Waals surface area contributed by atoms with Crippen molar-refractivity contribution in [1.29, 1.82) is 5.26 Å². The number of aryl methyl sites for hydroxylation is 2. The molecule has 1 aromatic heterocycles. The van der Waals surface area contributed by atoms with Gasteiger partial charge in [-0.15, -0.1) is 0 Å². The molecule has 1 aliphatic rings. The molecule has 1 aromatic rings. The summed E-state index contributed by atoms with van der Waals surface area (Å²) in [6.45, 7) is 4.43. The highest BCUT2D eigenvalue weighted by Gasteiger charge is 2.41. The van der Waals surface area contributed by atoms with Gasteiger partial charge in [-0.2, -0.15) is 10.4 Å². The van der Waals surface area contributed by atoms with Crippen LogP contribution in [0.4, 0.5) is 0 Å². The van der Waals surface area contributed by atoms with E-state index in [0.717, 1.165) is 36.2 Å². The number of carbonyl (C=O) groups is 2. The van der Waals surface area contributed by atoms with E-state index in [4.69, 9.17) is 10.00 Å². The van der Waals surface area contributed by atoms with Crippen LogP contribution in [0.25, 0.3) is 0 Å². The summed E-state index contributed by atoms with van der Waals surface area (Å²) in [4.78, 5) is 24.8. The Hall–Kier alpha value is -2.36. The Morgan fingerprint density at radius 1 is 1.31 bits per heavy atom. The second-order valence-corrected chi connectivity index (χ2v) is 6.96. The number of nitrogens with zero attached hydrogens (tertiary/aromatic N) is 3. The van der Waals surface area contributed by atoms with Gasteiger partial charge in [-0.1, -0.05) is 19.3 Å². The number of aromatic nitrogens is 2. The summed E-state index contributed by atoms with van der Waals surface area (Å²) in [5.74, 6) is -0.483. The van der Waals surface area contributed by atoms with Crippen LogP contribution in [0.5, 0.6) is 0 Å². The van der Waals surface area contributed by atoms with Crippen LogP contribution in [0.1, 0.15) is 61.9 Å². The van der Waals surface area contributed by atoms with Crippen molar-refractivity contribution >= 4 is 11.9 Å². The highest BCUT2D eigenvalue weighted by Crippen LogP contribution is 2.29. The van der Waals surface area contributed by atoms with Crippen LogP contribution in [0.15, 0.2) is 0 Å². The van der Waals surface area contributed by atoms with Gasteiger partial charge in [0.2, 0.25) is 5.91 Å². The second-order valence-electron chi connectivity index (χ2n) is 6.96. The van der Waals surface area contributed by atoms with Crippen LogP contribution in [0, 0.1) is 25.2 Å². The molecule has 0 unspecified atom stereocenters. The van der Waals surface area contributed by atoms with Gasteiger partial charge in [-0.25, -0.2) is 4.79 Å². The molecule has 0 aromatic carbocycles. The van der Waals surface area contributed by atoms with E-state index < -0.39 is 5.54 Å². The number of rotatable bonds is 7. The Labute approximate surface area is 154 Å². The first-order valence-electron chi connectivity index (χ1n) is 9.23. The smallest absolute Gasteiger partial charge is 0.331 e. The fraction of sp³-hybridized carbons (Fsp3) is 0.684. The van der Waals surface area contributed by atoms with Gasteiger partial charge in [0, 0.05) is 12.1 Å². The highest BCUT2D eigenvalue weighted by molar-refractivity contribution is 5.88. The van der Waals surface area contributed by atoms with Gasteiger partial charge in [0.05, 0.1) is 31.8 Å². The number of hydrogen-bond acceptors (Lipinski definition) is 5. The molecule has 0 bridgehead atoms. The number of nitrogens with one attached hydrogen (secondary N) is 1. The van der Waals surface area contributed by atoms with Crippen molar-refractivity contribution in [2.45, 2.75) is 77.3 Å². The average Bonchev–Trinajstić information content (AvgIpc) is 2.91. The summed E-state index contributed by atoms with van der Waals surface area (Å²) in [6, 6.07) is 2.12. The molecule has 142 valence electrons. The minimum atomic E-state index is -0.870. The van der Waals surface area contributed by atoms with E-state index in [9.17, 15) is 9.59 Å². The minimum Gasteiger partial charge on any atom is -0.467 e. The zero-order valence-corrected chi connectivity index (χ0v) is 15.9. The molecule has 0 atom stereocenters. The lowest BCUT2D eigenvalue weighted by molar-refractivity contribution is -0.152. The van der Waals surface area contributed by atoms with Crippen LogP contribution in [-0.4, -0.2) is 34.3 Å². The topological polar surface area (TPSA) is 97.0 Å². The molecule has 0 spiro atoms. The molecule has 0 saturated heterocycles. The third-order valence-electron chi connectivity index (χ3n) is 5.23. The molecule has 26 heavy (non-hydrogen) atoms. The van der Waals surface area contributed by atoms with Gasteiger partial charge in [0.25, 0.3) is 0 Å².